The summed E-state index contributed by atoms with van der Waals surface area (Å²) in [4.78, 5) is 12.6. The zero-order valence-electron chi connectivity index (χ0n) is 11.6. The first-order valence-corrected chi connectivity index (χ1v) is 5.92. The van der Waals surface area contributed by atoms with E-state index in [2.05, 4.69) is 11.2 Å². The normalized spacial score (nSPS) is 12.4. The summed E-state index contributed by atoms with van der Waals surface area (Å²) < 4.78 is 1.70. The van der Waals surface area contributed by atoms with E-state index in [-0.39, 0.29) is 6.04 Å². The first kappa shape index (κ1) is 14.8. The van der Waals surface area contributed by atoms with E-state index in [0.717, 1.165) is 23.2 Å². The van der Waals surface area contributed by atoms with Crippen molar-refractivity contribution < 1.29 is 9.90 Å². The number of anilines is 1. The molecule has 1 aromatic heterocycles. The Labute approximate surface area is 112 Å². The lowest BCUT2D eigenvalue weighted by Crippen LogP contribution is -2.30. The van der Waals surface area contributed by atoms with Crippen molar-refractivity contribution in [3.63, 3.8) is 0 Å². The minimum atomic E-state index is -0.998. The Morgan fingerprint density at radius 1 is 1.68 bits per heavy atom. The molecule has 0 saturated heterocycles. The van der Waals surface area contributed by atoms with Gasteiger partial charge in [0.15, 0.2) is 0 Å². The topological polar surface area (TPSA) is 82.2 Å². The highest BCUT2D eigenvalue weighted by Gasteiger charge is 2.19. The molecule has 1 heterocycles. The number of carboxylic acids is 1. The van der Waals surface area contributed by atoms with E-state index in [1.807, 2.05) is 25.8 Å². The van der Waals surface area contributed by atoms with Gasteiger partial charge in [-0.3, -0.25) is 4.68 Å². The molecular weight excluding hydrogens is 244 g/mol. The molecule has 1 N–H and O–H groups in total. The van der Waals surface area contributed by atoms with Crippen LogP contribution in [0.3, 0.4) is 0 Å². The van der Waals surface area contributed by atoms with Crippen LogP contribution in [0.5, 0.6) is 0 Å². The van der Waals surface area contributed by atoms with Gasteiger partial charge in [0.1, 0.15) is 5.82 Å². The lowest BCUT2D eigenvalue weighted by molar-refractivity contribution is -0.131. The Hall–Kier alpha value is -2.29. The fraction of sp³-hybridized carbons (Fsp3) is 0.462. The minimum absolute atomic E-state index is 0.0248. The predicted octanol–water partition coefficient (Wildman–Crippen LogP) is 1.56. The molecule has 0 aromatic carbocycles. The second-order valence-electron chi connectivity index (χ2n) is 4.44. The summed E-state index contributed by atoms with van der Waals surface area (Å²) in [6.45, 7) is 3.77. The molecule has 0 radical (unpaired) electrons. The maximum Gasteiger partial charge on any atom is 0.328 e. The molecule has 0 aliphatic carbocycles. The second kappa shape index (κ2) is 6.05. The van der Waals surface area contributed by atoms with Gasteiger partial charge in [0.05, 0.1) is 18.2 Å². The first-order chi connectivity index (χ1) is 8.88. The molecule has 1 atom stereocenters. The monoisotopic (exact) mass is 262 g/mol. The SMILES string of the molecule is Cc1nn(C)c(N(C)C(C)CC#N)c1C=CC(=O)O. The second-order valence-corrected chi connectivity index (χ2v) is 4.44. The average Bonchev–Trinajstić information content (AvgIpc) is 2.60. The van der Waals surface area contributed by atoms with Crippen LogP contribution in [0.25, 0.3) is 6.08 Å². The third-order valence-electron chi connectivity index (χ3n) is 3.01. The highest BCUT2D eigenvalue weighted by molar-refractivity contribution is 5.87. The van der Waals surface area contributed by atoms with Crippen LogP contribution in [0.15, 0.2) is 6.08 Å². The maximum absolute atomic E-state index is 10.6. The van der Waals surface area contributed by atoms with Crippen LogP contribution in [-0.4, -0.2) is 33.9 Å². The number of nitriles is 1. The molecule has 0 aliphatic heterocycles. The zero-order chi connectivity index (χ0) is 14.6. The Morgan fingerprint density at radius 3 is 2.84 bits per heavy atom. The van der Waals surface area contributed by atoms with Crippen LogP contribution >= 0.6 is 0 Å². The van der Waals surface area contributed by atoms with Crippen molar-refractivity contribution in [1.82, 2.24) is 9.78 Å². The molecule has 6 nitrogen and oxygen atoms in total. The van der Waals surface area contributed by atoms with Crippen LogP contribution in [0.1, 0.15) is 24.6 Å². The average molecular weight is 262 g/mol. The number of rotatable bonds is 5. The quantitative estimate of drug-likeness (QED) is 0.814. The molecule has 0 spiro atoms. The van der Waals surface area contributed by atoms with Gasteiger partial charge in [-0.25, -0.2) is 4.79 Å². The fourth-order valence-electron chi connectivity index (χ4n) is 1.91. The Balaban J connectivity index is 3.19. The van der Waals surface area contributed by atoms with Crippen LogP contribution in [0.2, 0.25) is 0 Å². The van der Waals surface area contributed by atoms with Gasteiger partial charge >= 0.3 is 5.97 Å². The highest BCUT2D eigenvalue weighted by atomic mass is 16.4. The Morgan fingerprint density at radius 2 is 2.32 bits per heavy atom. The molecule has 0 fully saturated rings. The van der Waals surface area contributed by atoms with E-state index in [9.17, 15) is 4.79 Å². The summed E-state index contributed by atoms with van der Waals surface area (Å²) in [5.41, 5.74) is 1.52. The largest absolute Gasteiger partial charge is 0.478 e. The van der Waals surface area contributed by atoms with Crippen molar-refractivity contribution in [2.75, 3.05) is 11.9 Å². The predicted molar refractivity (Wildman–Crippen MR) is 72.7 cm³/mol. The van der Waals surface area contributed by atoms with E-state index >= 15 is 0 Å². The molecule has 1 aromatic rings. The molecule has 0 amide bonds. The summed E-state index contributed by atoms with van der Waals surface area (Å²) in [5, 5.41) is 21.8. The Kier molecular flexibility index (Phi) is 4.70. The van der Waals surface area contributed by atoms with Gasteiger partial charge in [0.2, 0.25) is 0 Å². The number of hydrogen-bond donors (Lipinski definition) is 1. The molecule has 19 heavy (non-hydrogen) atoms. The lowest BCUT2D eigenvalue weighted by atomic mass is 10.1. The fourth-order valence-corrected chi connectivity index (χ4v) is 1.91. The molecule has 0 bridgehead atoms. The van der Waals surface area contributed by atoms with Crippen LogP contribution in [0.4, 0.5) is 5.82 Å². The lowest BCUT2D eigenvalue weighted by Gasteiger charge is -2.25. The molecule has 102 valence electrons. The van der Waals surface area contributed by atoms with Gasteiger partial charge in [0.25, 0.3) is 0 Å². The van der Waals surface area contributed by atoms with E-state index in [1.165, 1.54) is 6.08 Å². The van der Waals surface area contributed by atoms with Gasteiger partial charge in [-0.1, -0.05) is 0 Å². The van der Waals surface area contributed by atoms with Crippen molar-refractivity contribution in [1.29, 1.82) is 5.26 Å². The summed E-state index contributed by atoms with van der Waals surface area (Å²) in [7, 11) is 3.67. The van der Waals surface area contributed by atoms with Gasteiger partial charge in [-0.2, -0.15) is 10.4 Å². The van der Waals surface area contributed by atoms with Crippen molar-refractivity contribution in [2.45, 2.75) is 26.3 Å². The van der Waals surface area contributed by atoms with Crippen LogP contribution in [0, 0.1) is 18.3 Å². The summed E-state index contributed by atoms with van der Waals surface area (Å²) >= 11 is 0. The summed E-state index contributed by atoms with van der Waals surface area (Å²) in [6.07, 6.45) is 3.02. The standard InChI is InChI=1S/C13H18N4O2/c1-9(7-8-14)16(3)13-11(5-6-12(18)19)10(2)15-17(13)4/h5-6,9H,7H2,1-4H3,(H,18,19). The van der Waals surface area contributed by atoms with Crippen molar-refractivity contribution in [3.05, 3.63) is 17.3 Å². The Bertz CT molecular complexity index is 540. The van der Waals surface area contributed by atoms with E-state index in [4.69, 9.17) is 10.4 Å². The number of aliphatic carboxylic acids is 1. The number of aromatic nitrogens is 2. The molecule has 0 aliphatic rings. The van der Waals surface area contributed by atoms with Gasteiger partial charge < -0.3 is 10.0 Å². The number of nitrogens with zero attached hydrogens (tertiary/aromatic N) is 4. The smallest absolute Gasteiger partial charge is 0.328 e. The van der Waals surface area contributed by atoms with E-state index in [0.29, 0.717) is 6.42 Å². The van der Waals surface area contributed by atoms with Gasteiger partial charge in [0, 0.05) is 31.8 Å². The molecule has 6 heteroatoms. The number of aryl methyl sites for hydroxylation is 2. The molecular formula is C13H18N4O2. The molecule has 0 saturated carbocycles. The number of hydrogen-bond acceptors (Lipinski definition) is 4. The highest BCUT2D eigenvalue weighted by Crippen LogP contribution is 2.25. The van der Waals surface area contributed by atoms with Crippen molar-refractivity contribution in [3.8, 4) is 6.07 Å². The third kappa shape index (κ3) is 3.35. The van der Waals surface area contributed by atoms with Gasteiger partial charge in [-0.05, 0) is 19.9 Å². The zero-order valence-corrected chi connectivity index (χ0v) is 11.6. The van der Waals surface area contributed by atoms with E-state index < -0.39 is 5.97 Å². The van der Waals surface area contributed by atoms with Crippen LogP contribution in [-0.2, 0) is 11.8 Å². The van der Waals surface area contributed by atoms with Crippen molar-refractivity contribution >= 4 is 17.9 Å². The summed E-state index contributed by atoms with van der Waals surface area (Å²) in [6, 6.07) is 2.16. The van der Waals surface area contributed by atoms with Crippen molar-refractivity contribution in [2.24, 2.45) is 7.05 Å². The number of carbonyl (C=O) groups is 1. The first-order valence-electron chi connectivity index (χ1n) is 5.92. The number of carboxylic acid groups (broad SMARTS) is 1. The molecule has 1 unspecified atom stereocenters. The minimum Gasteiger partial charge on any atom is -0.478 e. The summed E-state index contributed by atoms with van der Waals surface area (Å²) in [5.74, 6) is -0.195. The molecule has 1 rings (SSSR count). The van der Waals surface area contributed by atoms with Crippen LogP contribution < -0.4 is 4.90 Å². The third-order valence-corrected chi connectivity index (χ3v) is 3.01. The van der Waals surface area contributed by atoms with Gasteiger partial charge in [-0.15, -0.1) is 0 Å². The van der Waals surface area contributed by atoms with E-state index in [1.54, 1.807) is 11.7 Å². The maximum atomic E-state index is 10.6.